The van der Waals surface area contributed by atoms with Gasteiger partial charge in [-0.1, -0.05) is 6.07 Å². The van der Waals surface area contributed by atoms with Crippen LogP contribution in [-0.2, 0) is 6.54 Å². The summed E-state index contributed by atoms with van der Waals surface area (Å²) in [4.78, 5) is 9.12. The molecule has 112 valence electrons. The Labute approximate surface area is 121 Å². The molecule has 1 aliphatic heterocycles. The summed E-state index contributed by atoms with van der Waals surface area (Å²) in [6, 6.07) is 4.14. The highest BCUT2D eigenvalue weighted by atomic mass is 16.3. The van der Waals surface area contributed by atoms with Gasteiger partial charge in [0.1, 0.15) is 5.82 Å². The SMILES string of the molecule is CNc1ccc(CN2CCN(CC(C)(C)O)CC2)cn1. The molecule has 2 heterocycles. The number of β-amino-alcohol motifs (C(OH)–C–C–N with tert-alkyl or cyclic N) is 1. The van der Waals surface area contributed by atoms with Gasteiger partial charge >= 0.3 is 0 Å². The maximum Gasteiger partial charge on any atom is 0.125 e. The summed E-state index contributed by atoms with van der Waals surface area (Å²) in [5.41, 5.74) is 0.648. The van der Waals surface area contributed by atoms with Crippen molar-refractivity contribution < 1.29 is 5.11 Å². The molecular weight excluding hydrogens is 252 g/mol. The zero-order valence-electron chi connectivity index (χ0n) is 12.8. The fourth-order valence-corrected chi connectivity index (χ4v) is 2.58. The molecule has 1 fully saturated rings. The third kappa shape index (κ3) is 4.74. The summed E-state index contributed by atoms with van der Waals surface area (Å²) in [7, 11) is 1.88. The summed E-state index contributed by atoms with van der Waals surface area (Å²) >= 11 is 0. The van der Waals surface area contributed by atoms with Gasteiger partial charge in [-0.2, -0.15) is 0 Å². The quantitative estimate of drug-likeness (QED) is 0.842. The van der Waals surface area contributed by atoms with Crippen LogP contribution in [0.1, 0.15) is 19.4 Å². The minimum Gasteiger partial charge on any atom is -0.389 e. The zero-order chi connectivity index (χ0) is 14.6. The van der Waals surface area contributed by atoms with Crippen LogP contribution in [0.4, 0.5) is 5.82 Å². The number of aromatic nitrogens is 1. The van der Waals surface area contributed by atoms with E-state index in [4.69, 9.17) is 0 Å². The average molecular weight is 278 g/mol. The van der Waals surface area contributed by atoms with Crippen molar-refractivity contribution in [2.75, 3.05) is 45.1 Å². The second-order valence-electron chi connectivity index (χ2n) is 6.17. The van der Waals surface area contributed by atoms with Crippen LogP contribution in [-0.4, -0.2) is 65.3 Å². The summed E-state index contributed by atoms with van der Waals surface area (Å²) in [5.74, 6) is 0.906. The molecule has 0 aliphatic carbocycles. The van der Waals surface area contributed by atoms with E-state index < -0.39 is 5.60 Å². The van der Waals surface area contributed by atoms with E-state index in [0.717, 1.165) is 45.1 Å². The molecule has 0 amide bonds. The van der Waals surface area contributed by atoms with Gasteiger partial charge in [0.15, 0.2) is 0 Å². The Bertz CT molecular complexity index is 405. The number of nitrogens with one attached hydrogen (secondary N) is 1. The van der Waals surface area contributed by atoms with Gasteiger partial charge in [0.05, 0.1) is 5.60 Å². The van der Waals surface area contributed by atoms with Gasteiger partial charge in [0.25, 0.3) is 0 Å². The Hall–Kier alpha value is -1.17. The Morgan fingerprint density at radius 2 is 1.85 bits per heavy atom. The van der Waals surface area contributed by atoms with Crippen molar-refractivity contribution in [1.29, 1.82) is 0 Å². The number of pyridine rings is 1. The van der Waals surface area contributed by atoms with Crippen LogP contribution in [0.15, 0.2) is 18.3 Å². The first-order valence-corrected chi connectivity index (χ1v) is 7.26. The molecule has 0 bridgehead atoms. The Morgan fingerprint density at radius 1 is 1.20 bits per heavy atom. The molecule has 0 aromatic carbocycles. The highest BCUT2D eigenvalue weighted by Crippen LogP contribution is 2.12. The molecular formula is C15H26N4O. The minimum atomic E-state index is -0.602. The molecule has 0 radical (unpaired) electrons. The van der Waals surface area contributed by atoms with Crippen LogP contribution in [0, 0.1) is 0 Å². The van der Waals surface area contributed by atoms with Gasteiger partial charge in [0, 0.05) is 52.5 Å². The number of aliphatic hydroxyl groups is 1. The Morgan fingerprint density at radius 3 is 2.35 bits per heavy atom. The normalized spacial score (nSPS) is 18.2. The summed E-state index contributed by atoms with van der Waals surface area (Å²) in [5, 5.41) is 12.9. The monoisotopic (exact) mass is 278 g/mol. The molecule has 1 saturated heterocycles. The molecule has 0 spiro atoms. The van der Waals surface area contributed by atoms with Gasteiger partial charge in [0.2, 0.25) is 0 Å². The van der Waals surface area contributed by atoms with Crippen LogP contribution in [0.2, 0.25) is 0 Å². The lowest BCUT2D eigenvalue weighted by molar-refractivity contribution is 0.0166. The highest BCUT2D eigenvalue weighted by Gasteiger charge is 2.22. The van der Waals surface area contributed by atoms with Crippen molar-refractivity contribution in [3.63, 3.8) is 0 Å². The first kappa shape index (κ1) is 15.2. The molecule has 5 nitrogen and oxygen atoms in total. The number of rotatable bonds is 5. The van der Waals surface area contributed by atoms with Gasteiger partial charge < -0.3 is 10.4 Å². The summed E-state index contributed by atoms with van der Waals surface area (Å²) < 4.78 is 0. The first-order chi connectivity index (χ1) is 9.46. The number of anilines is 1. The fourth-order valence-electron chi connectivity index (χ4n) is 2.58. The molecule has 1 aliphatic rings. The molecule has 0 unspecified atom stereocenters. The van der Waals surface area contributed by atoms with Crippen molar-refractivity contribution >= 4 is 5.82 Å². The lowest BCUT2D eigenvalue weighted by Crippen LogP contribution is -2.50. The van der Waals surface area contributed by atoms with Gasteiger partial charge in [-0.05, 0) is 25.5 Å². The van der Waals surface area contributed by atoms with E-state index in [1.807, 2.05) is 33.2 Å². The first-order valence-electron chi connectivity index (χ1n) is 7.26. The molecule has 2 N–H and O–H groups in total. The van der Waals surface area contributed by atoms with E-state index in [-0.39, 0.29) is 0 Å². The molecule has 1 aromatic rings. The lowest BCUT2D eigenvalue weighted by atomic mass is 10.1. The molecule has 20 heavy (non-hydrogen) atoms. The maximum atomic E-state index is 9.85. The van der Waals surface area contributed by atoms with E-state index >= 15 is 0 Å². The minimum absolute atomic E-state index is 0.602. The van der Waals surface area contributed by atoms with Crippen molar-refractivity contribution in [3.8, 4) is 0 Å². The van der Waals surface area contributed by atoms with Gasteiger partial charge in [-0.25, -0.2) is 4.98 Å². The molecule has 0 atom stereocenters. The van der Waals surface area contributed by atoms with E-state index in [2.05, 4.69) is 26.2 Å². The van der Waals surface area contributed by atoms with E-state index in [1.165, 1.54) is 5.56 Å². The number of nitrogens with zero attached hydrogens (tertiary/aromatic N) is 3. The second kappa shape index (κ2) is 6.52. The number of hydrogen-bond acceptors (Lipinski definition) is 5. The smallest absolute Gasteiger partial charge is 0.125 e. The fraction of sp³-hybridized carbons (Fsp3) is 0.667. The standard InChI is InChI=1S/C15H26N4O/c1-15(2,20)12-19-8-6-18(7-9-19)11-13-4-5-14(16-3)17-10-13/h4-5,10,20H,6-9,11-12H2,1-3H3,(H,16,17). The van der Waals surface area contributed by atoms with Crippen molar-refractivity contribution in [3.05, 3.63) is 23.9 Å². The van der Waals surface area contributed by atoms with E-state index in [9.17, 15) is 5.11 Å². The number of piperazine rings is 1. The van der Waals surface area contributed by atoms with Crippen molar-refractivity contribution in [2.24, 2.45) is 0 Å². The average Bonchev–Trinajstić information content (AvgIpc) is 2.40. The Balaban J connectivity index is 1.79. The third-order valence-corrected chi connectivity index (χ3v) is 3.56. The van der Waals surface area contributed by atoms with Crippen LogP contribution in [0.25, 0.3) is 0 Å². The zero-order valence-corrected chi connectivity index (χ0v) is 12.8. The van der Waals surface area contributed by atoms with Crippen molar-refractivity contribution in [1.82, 2.24) is 14.8 Å². The largest absolute Gasteiger partial charge is 0.389 e. The molecule has 2 rings (SSSR count). The highest BCUT2D eigenvalue weighted by molar-refractivity contribution is 5.34. The van der Waals surface area contributed by atoms with Gasteiger partial charge in [-0.15, -0.1) is 0 Å². The lowest BCUT2D eigenvalue weighted by Gasteiger charge is -2.37. The third-order valence-electron chi connectivity index (χ3n) is 3.56. The Kier molecular flexibility index (Phi) is 4.96. The predicted molar refractivity (Wildman–Crippen MR) is 81.8 cm³/mol. The summed E-state index contributed by atoms with van der Waals surface area (Å²) in [6.45, 7) is 9.57. The summed E-state index contributed by atoms with van der Waals surface area (Å²) in [6.07, 6.45) is 1.94. The number of hydrogen-bond donors (Lipinski definition) is 2. The topological polar surface area (TPSA) is 51.6 Å². The van der Waals surface area contributed by atoms with Gasteiger partial charge in [-0.3, -0.25) is 9.80 Å². The van der Waals surface area contributed by atoms with Crippen LogP contribution in [0.3, 0.4) is 0 Å². The molecule has 0 saturated carbocycles. The van der Waals surface area contributed by atoms with E-state index in [1.54, 1.807) is 0 Å². The predicted octanol–water partition coefficient (Wildman–Crippen LogP) is 1.01. The van der Waals surface area contributed by atoms with Crippen molar-refractivity contribution in [2.45, 2.75) is 26.0 Å². The molecule has 5 heteroatoms. The van der Waals surface area contributed by atoms with Crippen LogP contribution < -0.4 is 5.32 Å². The second-order valence-corrected chi connectivity index (χ2v) is 6.17. The van der Waals surface area contributed by atoms with E-state index in [0.29, 0.717) is 0 Å². The van der Waals surface area contributed by atoms with Crippen LogP contribution in [0.5, 0.6) is 0 Å². The maximum absolute atomic E-state index is 9.85. The molecule has 1 aromatic heterocycles. The van der Waals surface area contributed by atoms with Crippen LogP contribution >= 0.6 is 0 Å².